The molecule has 2 rings (SSSR count). The van der Waals surface area contributed by atoms with E-state index >= 15 is 0 Å². The maximum absolute atomic E-state index is 12.1. The number of rotatable bonds is 3. The van der Waals surface area contributed by atoms with Gasteiger partial charge in [-0.1, -0.05) is 33.6 Å². The Labute approximate surface area is 124 Å². The average molecular weight is 334 g/mol. The fourth-order valence-corrected chi connectivity index (χ4v) is 2.17. The van der Waals surface area contributed by atoms with Gasteiger partial charge in [0.25, 0.3) is 5.91 Å². The maximum Gasteiger partial charge on any atom is 0.337 e. The van der Waals surface area contributed by atoms with E-state index in [0.29, 0.717) is 5.56 Å². The normalized spacial score (nSPS) is 10.1. The second-order valence-electron chi connectivity index (χ2n) is 4.32. The maximum atomic E-state index is 12.1. The zero-order valence-corrected chi connectivity index (χ0v) is 12.3. The Kier molecular flexibility index (Phi) is 4.20. The van der Waals surface area contributed by atoms with Crippen molar-refractivity contribution in [1.82, 2.24) is 0 Å². The van der Waals surface area contributed by atoms with Gasteiger partial charge < -0.3 is 10.4 Å². The molecule has 0 fully saturated rings. The van der Waals surface area contributed by atoms with Crippen LogP contribution in [0.3, 0.4) is 0 Å². The molecule has 2 N–H and O–H groups in total. The van der Waals surface area contributed by atoms with Crippen LogP contribution in [0.15, 0.2) is 46.9 Å². The Hall–Kier alpha value is -2.14. The molecule has 2 aromatic carbocycles. The summed E-state index contributed by atoms with van der Waals surface area (Å²) in [5, 5.41) is 11.8. The van der Waals surface area contributed by atoms with Gasteiger partial charge in [-0.25, -0.2) is 4.79 Å². The van der Waals surface area contributed by atoms with E-state index in [9.17, 15) is 9.59 Å². The van der Waals surface area contributed by atoms with Gasteiger partial charge in [-0.2, -0.15) is 0 Å². The second-order valence-corrected chi connectivity index (χ2v) is 5.23. The molecular weight excluding hydrogens is 322 g/mol. The molecule has 5 heteroatoms. The van der Waals surface area contributed by atoms with Crippen LogP contribution in [0.25, 0.3) is 0 Å². The summed E-state index contributed by atoms with van der Waals surface area (Å²) in [4.78, 5) is 23.3. The smallest absolute Gasteiger partial charge is 0.337 e. The summed E-state index contributed by atoms with van der Waals surface area (Å²) >= 11 is 3.29. The highest BCUT2D eigenvalue weighted by atomic mass is 79.9. The van der Waals surface area contributed by atoms with Crippen LogP contribution in [0.1, 0.15) is 26.3 Å². The largest absolute Gasteiger partial charge is 0.478 e. The van der Waals surface area contributed by atoms with E-state index in [1.807, 2.05) is 6.07 Å². The van der Waals surface area contributed by atoms with Gasteiger partial charge >= 0.3 is 5.97 Å². The summed E-state index contributed by atoms with van der Waals surface area (Å²) in [6, 6.07) is 11.8. The first-order valence-electron chi connectivity index (χ1n) is 5.88. The topological polar surface area (TPSA) is 66.4 Å². The van der Waals surface area contributed by atoms with Crippen molar-refractivity contribution in [3.05, 3.63) is 63.6 Å². The predicted octanol–water partition coefficient (Wildman–Crippen LogP) is 3.71. The van der Waals surface area contributed by atoms with Crippen LogP contribution in [-0.4, -0.2) is 17.0 Å². The van der Waals surface area contributed by atoms with E-state index in [0.717, 1.165) is 10.0 Å². The number of hydrogen-bond acceptors (Lipinski definition) is 2. The van der Waals surface area contributed by atoms with Crippen molar-refractivity contribution in [2.45, 2.75) is 6.92 Å². The molecule has 0 aromatic heterocycles. The van der Waals surface area contributed by atoms with Crippen molar-refractivity contribution in [3.8, 4) is 0 Å². The monoisotopic (exact) mass is 333 g/mol. The molecular formula is C15H12BrNO3. The highest BCUT2D eigenvalue weighted by Gasteiger charge is 2.13. The summed E-state index contributed by atoms with van der Waals surface area (Å²) in [5.41, 5.74) is 1.64. The summed E-state index contributed by atoms with van der Waals surface area (Å²) < 4.78 is 0.785. The van der Waals surface area contributed by atoms with Crippen LogP contribution in [0.2, 0.25) is 0 Å². The highest BCUT2D eigenvalue weighted by Crippen LogP contribution is 2.19. The van der Waals surface area contributed by atoms with Crippen LogP contribution in [0.4, 0.5) is 5.69 Å². The molecule has 0 saturated heterocycles. The van der Waals surface area contributed by atoms with Gasteiger partial charge in [0, 0.05) is 10.0 Å². The molecule has 0 aliphatic rings. The minimum absolute atomic E-state index is 0.0772. The van der Waals surface area contributed by atoms with Crippen molar-refractivity contribution >= 4 is 33.5 Å². The van der Waals surface area contributed by atoms with Gasteiger partial charge in [-0.05, 0) is 37.3 Å². The number of anilines is 1. The number of carbonyl (C=O) groups is 2. The number of carboxylic acid groups (broad SMARTS) is 1. The third-order valence-electron chi connectivity index (χ3n) is 2.74. The summed E-state index contributed by atoms with van der Waals surface area (Å²) in [6.07, 6.45) is 0. The Morgan fingerprint density at radius 2 is 1.90 bits per heavy atom. The molecule has 0 spiro atoms. The van der Waals surface area contributed by atoms with Crippen molar-refractivity contribution in [3.63, 3.8) is 0 Å². The fraction of sp³-hybridized carbons (Fsp3) is 0.0667. The number of carbonyl (C=O) groups excluding carboxylic acids is 1. The van der Waals surface area contributed by atoms with Gasteiger partial charge in [-0.3, -0.25) is 4.79 Å². The number of amides is 1. The van der Waals surface area contributed by atoms with Crippen molar-refractivity contribution < 1.29 is 14.7 Å². The van der Waals surface area contributed by atoms with E-state index in [-0.39, 0.29) is 17.2 Å². The Bertz CT molecular complexity index is 683. The van der Waals surface area contributed by atoms with Gasteiger partial charge in [0.2, 0.25) is 0 Å². The quantitative estimate of drug-likeness (QED) is 0.899. The zero-order valence-electron chi connectivity index (χ0n) is 10.7. The standard InChI is InChI=1S/C15H12BrNO3/c1-9-5-6-13(12(7-9)15(19)20)17-14(18)10-3-2-4-11(16)8-10/h2-8H,1H3,(H,17,18)(H,19,20). The third kappa shape index (κ3) is 3.24. The number of benzene rings is 2. The van der Waals surface area contributed by atoms with E-state index in [2.05, 4.69) is 21.2 Å². The van der Waals surface area contributed by atoms with Gasteiger partial charge in [0.1, 0.15) is 0 Å². The number of hydrogen-bond donors (Lipinski definition) is 2. The minimum Gasteiger partial charge on any atom is -0.478 e. The number of nitrogens with one attached hydrogen (secondary N) is 1. The van der Waals surface area contributed by atoms with Crippen molar-refractivity contribution in [2.75, 3.05) is 5.32 Å². The number of carboxylic acids is 1. The molecule has 4 nitrogen and oxygen atoms in total. The van der Waals surface area contributed by atoms with E-state index < -0.39 is 5.97 Å². The molecule has 0 saturated carbocycles. The Balaban J connectivity index is 2.30. The van der Waals surface area contributed by atoms with E-state index in [1.165, 1.54) is 6.07 Å². The first kappa shape index (κ1) is 14.3. The molecule has 0 bridgehead atoms. The second kappa shape index (κ2) is 5.88. The lowest BCUT2D eigenvalue weighted by molar-refractivity contribution is 0.0698. The van der Waals surface area contributed by atoms with Crippen molar-refractivity contribution in [1.29, 1.82) is 0 Å². The van der Waals surface area contributed by atoms with E-state index in [4.69, 9.17) is 5.11 Å². The van der Waals surface area contributed by atoms with Crippen LogP contribution in [-0.2, 0) is 0 Å². The Morgan fingerprint density at radius 3 is 2.55 bits per heavy atom. The van der Waals surface area contributed by atoms with Crippen molar-refractivity contribution in [2.24, 2.45) is 0 Å². The zero-order chi connectivity index (χ0) is 14.7. The van der Waals surface area contributed by atoms with Gasteiger partial charge in [0.05, 0.1) is 11.3 Å². The molecule has 0 atom stereocenters. The molecule has 102 valence electrons. The molecule has 20 heavy (non-hydrogen) atoms. The fourth-order valence-electron chi connectivity index (χ4n) is 1.77. The molecule has 1 amide bonds. The minimum atomic E-state index is -1.07. The number of halogens is 1. The highest BCUT2D eigenvalue weighted by molar-refractivity contribution is 9.10. The molecule has 0 aliphatic carbocycles. The lowest BCUT2D eigenvalue weighted by atomic mass is 10.1. The molecule has 0 unspecified atom stereocenters. The first-order valence-corrected chi connectivity index (χ1v) is 6.67. The van der Waals surface area contributed by atoms with Gasteiger partial charge in [-0.15, -0.1) is 0 Å². The summed E-state index contributed by atoms with van der Waals surface area (Å²) in [7, 11) is 0. The van der Waals surface area contributed by atoms with Crippen LogP contribution < -0.4 is 5.32 Å². The van der Waals surface area contributed by atoms with E-state index in [1.54, 1.807) is 37.3 Å². The number of aromatic carboxylic acids is 1. The average Bonchev–Trinajstić information content (AvgIpc) is 2.40. The SMILES string of the molecule is Cc1ccc(NC(=O)c2cccc(Br)c2)c(C(=O)O)c1. The predicted molar refractivity (Wildman–Crippen MR) is 80.2 cm³/mol. The molecule has 0 heterocycles. The van der Waals surface area contributed by atoms with Crippen LogP contribution in [0, 0.1) is 6.92 Å². The van der Waals surface area contributed by atoms with Crippen LogP contribution in [0.5, 0.6) is 0 Å². The third-order valence-corrected chi connectivity index (χ3v) is 3.23. The molecule has 0 aliphatic heterocycles. The molecule has 0 radical (unpaired) electrons. The number of aryl methyl sites for hydroxylation is 1. The molecule has 2 aromatic rings. The summed E-state index contributed by atoms with van der Waals surface area (Å²) in [5.74, 6) is -1.42. The summed E-state index contributed by atoms with van der Waals surface area (Å²) in [6.45, 7) is 1.80. The first-order chi connectivity index (χ1) is 9.47. The Morgan fingerprint density at radius 1 is 1.15 bits per heavy atom. The van der Waals surface area contributed by atoms with Gasteiger partial charge in [0.15, 0.2) is 0 Å². The van der Waals surface area contributed by atoms with Crippen LogP contribution >= 0.6 is 15.9 Å². The lowest BCUT2D eigenvalue weighted by Gasteiger charge is -2.09. The lowest BCUT2D eigenvalue weighted by Crippen LogP contribution is -2.14.